The second kappa shape index (κ2) is 7.98. The van der Waals surface area contributed by atoms with E-state index >= 15 is 0 Å². The Bertz CT molecular complexity index is 475. The molecule has 3 atom stereocenters. The number of carbonyl (C=O) groups excluding carboxylic acids is 1. The Morgan fingerprint density at radius 1 is 1.27 bits per heavy atom. The molecule has 0 radical (unpaired) electrons. The fraction of sp³-hybridized carbons (Fsp3) is 0.611. The van der Waals surface area contributed by atoms with E-state index in [1.54, 1.807) is 0 Å². The summed E-state index contributed by atoms with van der Waals surface area (Å²) in [5.74, 6) is -0.142. The lowest BCUT2D eigenvalue weighted by Gasteiger charge is -2.39. The number of nitrogens with one attached hydrogen (secondary N) is 1. The van der Waals surface area contributed by atoms with Gasteiger partial charge in [0.15, 0.2) is 0 Å². The van der Waals surface area contributed by atoms with Crippen molar-refractivity contribution >= 4 is 18.3 Å². The van der Waals surface area contributed by atoms with Gasteiger partial charge in [-0.05, 0) is 23.8 Å². The van der Waals surface area contributed by atoms with Gasteiger partial charge in [0, 0.05) is 12.1 Å². The third-order valence-electron chi connectivity index (χ3n) is 4.96. The van der Waals surface area contributed by atoms with Crippen LogP contribution in [0.15, 0.2) is 30.3 Å². The number of halogens is 1. The Balaban J connectivity index is 0.00000242. The predicted octanol–water partition coefficient (Wildman–Crippen LogP) is 3.83. The van der Waals surface area contributed by atoms with Crippen LogP contribution in [0.3, 0.4) is 0 Å². The quantitative estimate of drug-likeness (QED) is 0.884. The van der Waals surface area contributed by atoms with Crippen LogP contribution in [0.2, 0.25) is 0 Å². The highest BCUT2D eigenvalue weighted by molar-refractivity contribution is 5.85. The highest BCUT2D eigenvalue weighted by Gasteiger charge is 2.34. The van der Waals surface area contributed by atoms with E-state index in [0.29, 0.717) is 0 Å². The van der Waals surface area contributed by atoms with Crippen molar-refractivity contribution in [3.8, 4) is 0 Å². The van der Waals surface area contributed by atoms with E-state index in [9.17, 15) is 4.79 Å². The van der Waals surface area contributed by atoms with Crippen molar-refractivity contribution in [2.45, 2.75) is 58.5 Å². The van der Waals surface area contributed by atoms with Crippen LogP contribution in [0, 0.1) is 11.3 Å². The molecule has 1 saturated carbocycles. The molecule has 0 saturated heterocycles. The molecular formula is C18H29ClN2O. The third-order valence-corrected chi connectivity index (χ3v) is 4.96. The van der Waals surface area contributed by atoms with Crippen molar-refractivity contribution in [3.05, 3.63) is 35.9 Å². The molecule has 124 valence electrons. The summed E-state index contributed by atoms with van der Waals surface area (Å²) in [5, 5.41) is 3.24. The Kier molecular flexibility index (Phi) is 6.89. The molecule has 3 N–H and O–H groups in total. The molecule has 1 aromatic rings. The number of benzene rings is 1. The van der Waals surface area contributed by atoms with Gasteiger partial charge in [0.2, 0.25) is 5.91 Å². The molecule has 4 heteroatoms. The monoisotopic (exact) mass is 324 g/mol. The van der Waals surface area contributed by atoms with Crippen LogP contribution in [0.5, 0.6) is 0 Å². The van der Waals surface area contributed by atoms with Crippen LogP contribution in [-0.4, -0.2) is 11.9 Å². The van der Waals surface area contributed by atoms with Gasteiger partial charge in [-0.3, -0.25) is 4.79 Å². The zero-order valence-corrected chi connectivity index (χ0v) is 14.7. The van der Waals surface area contributed by atoms with E-state index in [0.717, 1.165) is 12.0 Å². The van der Waals surface area contributed by atoms with E-state index in [2.05, 4.69) is 19.2 Å². The first-order chi connectivity index (χ1) is 9.92. The standard InChI is InChI=1S/C18H28N2O.ClH/c1-13(16(19)14-9-5-4-6-10-14)17(21)20-15-11-7-8-12-18(15,2)3;/h4-6,9-10,13,15-16H,7-8,11-12,19H2,1-3H3,(H,20,21);1H. The number of amides is 1. The fourth-order valence-corrected chi connectivity index (χ4v) is 3.19. The molecule has 0 aliphatic heterocycles. The molecular weight excluding hydrogens is 296 g/mol. The van der Waals surface area contributed by atoms with Gasteiger partial charge in [0.05, 0.1) is 5.92 Å². The van der Waals surface area contributed by atoms with E-state index in [1.165, 1.54) is 19.3 Å². The maximum absolute atomic E-state index is 12.5. The third kappa shape index (κ3) is 4.47. The zero-order valence-electron chi connectivity index (χ0n) is 13.8. The summed E-state index contributed by atoms with van der Waals surface area (Å²) in [6.07, 6.45) is 4.72. The van der Waals surface area contributed by atoms with Gasteiger partial charge >= 0.3 is 0 Å². The molecule has 0 heterocycles. The van der Waals surface area contributed by atoms with E-state index in [-0.39, 0.29) is 41.7 Å². The first-order valence-electron chi connectivity index (χ1n) is 8.03. The first-order valence-corrected chi connectivity index (χ1v) is 8.03. The maximum Gasteiger partial charge on any atom is 0.224 e. The fourth-order valence-electron chi connectivity index (χ4n) is 3.19. The van der Waals surface area contributed by atoms with Crippen molar-refractivity contribution in [1.29, 1.82) is 0 Å². The Labute approximate surface area is 140 Å². The van der Waals surface area contributed by atoms with Gasteiger partial charge in [-0.1, -0.05) is 63.9 Å². The van der Waals surface area contributed by atoms with E-state index in [1.807, 2.05) is 37.3 Å². The smallest absolute Gasteiger partial charge is 0.224 e. The zero-order chi connectivity index (χ0) is 15.5. The van der Waals surface area contributed by atoms with Gasteiger partial charge in [-0.25, -0.2) is 0 Å². The van der Waals surface area contributed by atoms with Crippen LogP contribution in [0.1, 0.15) is 58.1 Å². The number of hydrogen-bond acceptors (Lipinski definition) is 2. The highest BCUT2D eigenvalue weighted by Crippen LogP contribution is 2.35. The molecule has 1 aliphatic carbocycles. The van der Waals surface area contributed by atoms with Crippen LogP contribution < -0.4 is 11.1 Å². The molecule has 0 spiro atoms. The van der Waals surface area contributed by atoms with Gasteiger partial charge in [0.1, 0.15) is 0 Å². The minimum atomic E-state index is -0.252. The lowest BCUT2D eigenvalue weighted by atomic mass is 9.73. The SMILES string of the molecule is CC(C(=O)NC1CCCCC1(C)C)C(N)c1ccccc1.Cl. The minimum Gasteiger partial charge on any atom is -0.353 e. The van der Waals surface area contributed by atoms with Crippen LogP contribution in [-0.2, 0) is 4.79 Å². The first kappa shape index (κ1) is 19.0. The minimum absolute atomic E-state index is 0. The Morgan fingerprint density at radius 3 is 2.50 bits per heavy atom. The largest absolute Gasteiger partial charge is 0.353 e. The average Bonchev–Trinajstić information content (AvgIpc) is 2.48. The molecule has 0 bridgehead atoms. The molecule has 2 rings (SSSR count). The summed E-state index contributed by atoms with van der Waals surface area (Å²) >= 11 is 0. The summed E-state index contributed by atoms with van der Waals surface area (Å²) in [4.78, 5) is 12.5. The van der Waals surface area contributed by atoms with Gasteiger partial charge < -0.3 is 11.1 Å². The van der Waals surface area contributed by atoms with Crippen LogP contribution >= 0.6 is 12.4 Å². The van der Waals surface area contributed by atoms with Gasteiger partial charge in [-0.15, -0.1) is 12.4 Å². The Morgan fingerprint density at radius 2 is 1.91 bits per heavy atom. The molecule has 1 amide bonds. The van der Waals surface area contributed by atoms with Crippen LogP contribution in [0.25, 0.3) is 0 Å². The number of rotatable bonds is 4. The molecule has 3 nitrogen and oxygen atoms in total. The summed E-state index contributed by atoms with van der Waals surface area (Å²) in [6, 6.07) is 9.87. The van der Waals surface area contributed by atoms with Gasteiger partial charge in [-0.2, -0.15) is 0 Å². The predicted molar refractivity (Wildman–Crippen MR) is 94.0 cm³/mol. The van der Waals surface area contributed by atoms with Crippen molar-refractivity contribution in [2.75, 3.05) is 0 Å². The second-order valence-electron chi connectivity index (χ2n) is 7.02. The van der Waals surface area contributed by atoms with Crippen molar-refractivity contribution in [1.82, 2.24) is 5.32 Å². The number of hydrogen-bond donors (Lipinski definition) is 2. The Hall–Kier alpha value is -1.06. The summed E-state index contributed by atoms with van der Waals surface area (Å²) < 4.78 is 0. The number of carbonyl (C=O) groups is 1. The van der Waals surface area contributed by atoms with Crippen molar-refractivity contribution in [2.24, 2.45) is 17.1 Å². The normalized spacial score (nSPS) is 23.0. The van der Waals surface area contributed by atoms with E-state index < -0.39 is 0 Å². The summed E-state index contributed by atoms with van der Waals surface area (Å²) in [5.41, 5.74) is 7.45. The topological polar surface area (TPSA) is 55.1 Å². The van der Waals surface area contributed by atoms with Crippen molar-refractivity contribution in [3.63, 3.8) is 0 Å². The maximum atomic E-state index is 12.5. The molecule has 1 aliphatic rings. The molecule has 1 fully saturated rings. The molecule has 22 heavy (non-hydrogen) atoms. The lowest BCUT2D eigenvalue weighted by Crippen LogP contribution is -2.49. The molecule has 3 unspecified atom stereocenters. The second-order valence-corrected chi connectivity index (χ2v) is 7.02. The lowest BCUT2D eigenvalue weighted by molar-refractivity contribution is -0.127. The molecule has 1 aromatic carbocycles. The summed E-state index contributed by atoms with van der Waals surface area (Å²) in [7, 11) is 0. The highest BCUT2D eigenvalue weighted by atomic mass is 35.5. The van der Waals surface area contributed by atoms with E-state index in [4.69, 9.17) is 5.73 Å². The van der Waals surface area contributed by atoms with Crippen LogP contribution in [0.4, 0.5) is 0 Å². The number of nitrogens with two attached hydrogens (primary N) is 1. The van der Waals surface area contributed by atoms with Crippen molar-refractivity contribution < 1.29 is 4.79 Å². The molecule has 0 aromatic heterocycles. The summed E-state index contributed by atoms with van der Waals surface area (Å²) in [6.45, 7) is 6.42. The van der Waals surface area contributed by atoms with Gasteiger partial charge in [0.25, 0.3) is 0 Å². The average molecular weight is 325 g/mol.